The molecule has 0 aromatic carbocycles. The van der Waals surface area contributed by atoms with Gasteiger partial charge in [-0.3, -0.25) is 0 Å². The quantitative estimate of drug-likeness (QED) is 0.616. The molecule has 6 heteroatoms. The van der Waals surface area contributed by atoms with E-state index in [2.05, 4.69) is 0 Å². The largest absolute Gasteiger partial charge is 0.389 e. The predicted octanol–water partition coefficient (Wildman–Crippen LogP) is 3.92. The summed E-state index contributed by atoms with van der Waals surface area (Å²) in [6.07, 6.45) is -11.8. The molecular formula is C7H10F6. The summed E-state index contributed by atoms with van der Waals surface area (Å²) >= 11 is 0. The Kier molecular flexibility index (Phi) is 4.06. The Morgan fingerprint density at radius 2 is 1.15 bits per heavy atom. The van der Waals surface area contributed by atoms with Crippen LogP contribution in [0.2, 0.25) is 0 Å². The maximum Gasteiger partial charge on any atom is 0.389 e. The fraction of sp³-hybridized carbons (Fsp3) is 1.00. The van der Waals surface area contributed by atoms with Gasteiger partial charge in [0.25, 0.3) is 0 Å². The third kappa shape index (κ3) is 7.93. The molecule has 0 saturated carbocycles. The van der Waals surface area contributed by atoms with Crippen LogP contribution in [0.5, 0.6) is 0 Å². The molecule has 0 radical (unpaired) electrons. The lowest BCUT2D eigenvalue weighted by atomic mass is 9.98. The standard InChI is InChI=1S/C7H10F6/c1-2-5(3-6(8,9)10)4-7(11,12)13/h5H,2-4H2,1H3. The smallest absolute Gasteiger partial charge is 0.171 e. The molecule has 0 aliphatic rings. The van der Waals surface area contributed by atoms with E-state index >= 15 is 0 Å². The highest BCUT2D eigenvalue weighted by Crippen LogP contribution is 2.34. The van der Waals surface area contributed by atoms with Crippen LogP contribution in [0.25, 0.3) is 0 Å². The Bertz CT molecular complexity index is 128. The fourth-order valence-corrected chi connectivity index (χ4v) is 1.02. The Morgan fingerprint density at radius 3 is 1.31 bits per heavy atom. The molecule has 0 rings (SSSR count). The Balaban J connectivity index is 4.05. The van der Waals surface area contributed by atoms with E-state index in [1.54, 1.807) is 0 Å². The lowest BCUT2D eigenvalue weighted by Gasteiger charge is -2.18. The number of hydrogen-bond acceptors (Lipinski definition) is 0. The molecule has 0 bridgehead atoms. The number of halogens is 6. The summed E-state index contributed by atoms with van der Waals surface area (Å²) in [5.41, 5.74) is 0. The van der Waals surface area contributed by atoms with Crippen LogP contribution in [0, 0.1) is 5.92 Å². The lowest BCUT2D eigenvalue weighted by molar-refractivity contribution is -0.173. The zero-order chi connectivity index (χ0) is 10.7. The molecule has 80 valence electrons. The van der Waals surface area contributed by atoms with Crippen molar-refractivity contribution >= 4 is 0 Å². The Morgan fingerprint density at radius 1 is 0.846 bits per heavy atom. The number of rotatable bonds is 3. The summed E-state index contributed by atoms with van der Waals surface area (Å²) in [7, 11) is 0. The van der Waals surface area contributed by atoms with E-state index in [1.807, 2.05) is 0 Å². The van der Waals surface area contributed by atoms with E-state index in [4.69, 9.17) is 0 Å². The SMILES string of the molecule is CCC(CC(F)(F)F)CC(F)(F)F. The van der Waals surface area contributed by atoms with Crippen LogP contribution >= 0.6 is 0 Å². The van der Waals surface area contributed by atoms with Crippen LogP contribution < -0.4 is 0 Å². The summed E-state index contributed by atoms with van der Waals surface area (Å²) < 4.78 is 70.2. The third-order valence-electron chi connectivity index (χ3n) is 1.62. The first-order chi connectivity index (χ1) is 5.64. The zero-order valence-corrected chi connectivity index (χ0v) is 6.97. The monoisotopic (exact) mass is 208 g/mol. The topological polar surface area (TPSA) is 0 Å². The van der Waals surface area contributed by atoms with Gasteiger partial charge in [-0.2, -0.15) is 26.3 Å². The van der Waals surface area contributed by atoms with Crippen LogP contribution in [0.3, 0.4) is 0 Å². The second-order valence-corrected chi connectivity index (χ2v) is 2.91. The van der Waals surface area contributed by atoms with Crippen molar-refractivity contribution < 1.29 is 26.3 Å². The highest BCUT2D eigenvalue weighted by molar-refractivity contribution is 4.66. The van der Waals surface area contributed by atoms with Crippen molar-refractivity contribution in [3.63, 3.8) is 0 Å². The highest BCUT2D eigenvalue weighted by Gasteiger charge is 2.37. The molecule has 0 aliphatic carbocycles. The summed E-state index contributed by atoms with van der Waals surface area (Å²) in [5, 5.41) is 0. The minimum Gasteiger partial charge on any atom is -0.171 e. The van der Waals surface area contributed by atoms with E-state index in [9.17, 15) is 26.3 Å². The van der Waals surface area contributed by atoms with Gasteiger partial charge in [-0.1, -0.05) is 13.3 Å². The maximum atomic E-state index is 11.7. The second kappa shape index (κ2) is 4.19. The molecule has 0 N–H and O–H groups in total. The van der Waals surface area contributed by atoms with Crippen LogP contribution in [0.4, 0.5) is 26.3 Å². The summed E-state index contributed by atoms with van der Waals surface area (Å²) in [5.74, 6) is -1.35. The molecule has 0 aromatic rings. The average molecular weight is 208 g/mol. The van der Waals surface area contributed by atoms with Gasteiger partial charge in [0.15, 0.2) is 0 Å². The van der Waals surface area contributed by atoms with Gasteiger partial charge in [-0.15, -0.1) is 0 Å². The average Bonchev–Trinajstić information content (AvgIpc) is 1.79. The van der Waals surface area contributed by atoms with E-state index in [1.165, 1.54) is 6.92 Å². The minimum atomic E-state index is -4.51. The molecule has 0 amide bonds. The van der Waals surface area contributed by atoms with E-state index in [0.717, 1.165) is 0 Å². The molecule has 0 nitrogen and oxygen atoms in total. The fourth-order valence-electron chi connectivity index (χ4n) is 1.02. The molecule has 13 heavy (non-hydrogen) atoms. The molecule has 0 aliphatic heterocycles. The van der Waals surface area contributed by atoms with Crippen molar-refractivity contribution in [2.24, 2.45) is 5.92 Å². The Hall–Kier alpha value is -0.420. The van der Waals surface area contributed by atoms with Crippen LogP contribution in [0.1, 0.15) is 26.2 Å². The van der Waals surface area contributed by atoms with Crippen LogP contribution in [-0.4, -0.2) is 12.4 Å². The summed E-state index contributed by atoms with van der Waals surface area (Å²) in [6.45, 7) is 1.32. The summed E-state index contributed by atoms with van der Waals surface area (Å²) in [6, 6.07) is 0. The van der Waals surface area contributed by atoms with Gasteiger partial charge in [0, 0.05) is 12.8 Å². The predicted molar refractivity (Wildman–Crippen MR) is 35.1 cm³/mol. The first kappa shape index (κ1) is 12.6. The molecule has 0 spiro atoms. The summed E-state index contributed by atoms with van der Waals surface area (Å²) in [4.78, 5) is 0. The van der Waals surface area contributed by atoms with Gasteiger partial charge < -0.3 is 0 Å². The lowest BCUT2D eigenvalue weighted by Crippen LogP contribution is -2.20. The maximum absolute atomic E-state index is 11.7. The number of hydrogen-bond donors (Lipinski definition) is 0. The number of alkyl halides is 6. The van der Waals surface area contributed by atoms with E-state index in [-0.39, 0.29) is 6.42 Å². The second-order valence-electron chi connectivity index (χ2n) is 2.91. The first-order valence-corrected chi connectivity index (χ1v) is 3.77. The zero-order valence-electron chi connectivity index (χ0n) is 6.97. The van der Waals surface area contributed by atoms with Gasteiger partial charge >= 0.3 is 12.4 Å². The van der Waals surface area contributed by atoms with Crippen molar-refractivity contribution in [2.45, 2.75) is 38.5 Å². The van der Waals surface area contributed by atoms with Gasteiger partial charge in [0.05, 0.1) is 0 Å². The van der Waals surface area contributed by atoms with Gasteiger partial charge in [-0.05, 0) is 5.92 Å². The van der Waals surface area contributed by atoms with E-state index in [0.29, 0.717) is 0 Å². The van der Waals surface area contributed by atoms with Gasteiger partial charge in [0.2, 0.25) is 0 Å². The van der Waals surface area contributed by atoms with Crippen molar-refractivity contribution in [3.05, 3.63) is 0 Å². The molecular weight excluding hydrogens is 198 g/mol. The van der Waals surface area contributed by atoms with Crippen LogP contribution in [0.15, 0.2) is 0 Å². The van der Waals surface area contributed by atoms with Gasteiger partial charge in [0.1, 0.15) is 0 Å². The molecule has 0 atom stereocenters. The van der Waals surface area contributed by atoms with Crippen LogP contribution in [-0.2, 0) is 0 Å². The third-order valence-corrected chi connectivity index (χ3v) is 1.62. The van der Waals surface area contributed by atoms with Crippen molar-refractivity contribution in [2.75, 3.05) is 0 Å². The van der Waals surface area contributed by atoms with Crippen molar-refractivity contribution in [1.29, 1.82) is 0 Å². The van der Waals surface area contributed by atoms with Gasteiger partial charge in [-0.25, -0.2) is 0 Å². The molecule has 0 heterocycles. The Labute approximate surface area is 71.9 Å². The van der Waals surface area contributed by atoms with Crippen molar-refractivity contribution in [3.8, 4) is 0 Å². The normalized spacial score (nSPS) is 13.8. The highest BCUT2D eigenvalue weighted by atomic mass is 19.4. The minimum absolute atomic E-state index is 0.112. The molecule has 0 aromatic heterocycles. The van der Waals surface area contributed by atoms with Crippen molar-refractivity contribution in [1.82, 2.24) is 0 Å². The molecule has 0 saturated heterocycles. The van der Waals surface area contributed by atoms with E-state index < -0.39 is 31.1 Å². The first-order valence-electron chi connectivity index (χ1n) is 3.77. The molecule has 0 fully saturated rings. The molecule has 0 unspecified atom stereocenters.